The van der Waals surface area contributed by atoms with E-state index < -0.39 is 6.10 Å². The van der Waals surface area contributed by atoms with E-state index in [1.807, 2.05) is 42.5 Å². The van der Waals surface area contributed by atoms with Crippen LogP contribution in [0.1, 0.15) is 12.0 Å². The molecule has 0 spiro atoms. The fourth-order valence-electron chi connectivity index (χ4n) is 2.59. The van der Waals surface area contributed by atoms with Crippen molar-refractivity contribution in [2.75, 3.05) is 6.61 Å². The first kappa shape index (κ1) is 14.8. The molecule has 22 heavy (non-hydrogen) atoms. The van der Waals surface area contributed by atoms with Crippen molar-refractivity contribution in [3.8, 4) is 0 Å². The molecule has 0 amide bonds. The lowest BCUT2D eigenvalue weighted by molar-refractivity contribution is 0.0227. The van der Waals surface area contributed by atoms with Gasteiger partial charge in [0.05, 0.1) is 19.3 Å². The van der Waals surface area contributed by atoms with Crippen molar-refractivity contribution >= 4 is 10.9 Å². The first-order valence-electron chi connectivity index (χ1n) is 7.66. The van der Waals surface area contributed by atoms with E-state index in [9.17, 15) is 5.11 Å². The van der Waals surface area contributed by atoms with Crippen LogP contribution in [0.3, 0.4) is 0 Å². The lowest BCUT2D eigenvalue weighted by Gasteiger charge is -2.12. The molecule has 2 aromatic carbocycles. The Balaban J connectivity index is 1.45. The number of fused-ring (bicyclic) bond motifs is 1. The molecule has 1 N–H and O–H groups in total. The van der Waals surface area contributed by atoms with E-state index in [0.29, 0.717) is 19.6 Å². The normalized spacial score (nSPS) is 12.6. The largest absolute Gasteiger partial charge is 0.391 e. The molecule has 0 saturated heterocycles. The Morgan fingerprint density at radius 2 is 1.73 bits per heavy atom. The number of aryl methyl sites for hydroxylation is 1. The number of aliphatic hydroxyl groups excluding tert-OH is 1. The lowest BCUT2D eigenvalue weighted by Crippen LogP contribution is -2.17. The number of rotatable bonds is 7. The zero-order chi connectivity index (χ0) is 15.2. The fraction of sp³-hybridized carbons (Fsp3) is 0.263. The van der Waals surface area contributed by atoms with Gasteiger partial charge in [0.1, 0.15) is 0 Å². The third kappa shape index (κ3) is 3.75. The standard InChI is InChI=1S/C19H21NO2/c21-18(15-22-14-16-6-2-1-3-7-16)11-13-20-12-10-17-8-4-5-9-19(17)20/h1-10,12,18,21H,11,13-15H2. The molecule has 0 aliphatic rings. The molecule has 1 unspecified atom stereocenters. The highest BCUT2D eigenvalue weighted by Crippen LogP contribution is 2.15. The quantitative estimate of drug-likeness (QED) is 0.722. The number of aromatic nitrogens is 1. The van der Waals surface area contributed by atoms with Crippen molar-refractivity contribution in [2.24, 2.45) is 0 Å². The number of hydrogen-bond acceptors (Lipinski definition) is 2. The molecule has 3 rings (SSSR count). The summed E-state index contributed by atoms with van der Waals surface area (Å²) in [6, 6.07) is 20.4. The molecular formula is C19H21NO2. The van der Waals surface area contributed by atoms with Crippen LogP contribution in [0.5, 0.6) is 0 Å². The Bertz CT molecular complexity index is 706. The van der Waals surface area contributed by atoms with Gasteiger partial charge in [0.2, 0.25) is 0 Å². The first-order chi connectivity index (χ1) is 10.8. The maximum Gasteiger partial charge on any atom is 0.0790 e. The molecule has 0 fully saturated rings. The molecule has 3 aromatic rings. The molecule has 0 bridgehead atoms. The summed E-state index contributed by atoms with van der Waals surface area (Å²) in [5, 5.41) is 11.3. The molecule has 0 aliphatic carbocycles. The number of hydrogen-bond donors (Lipinski definition) is 1. The van der Waals surface area contributed by atoms with Crippen molar-refractivity contribution in [1.82, 2.24) is 4.57 Å². The molecule has 0 radical (unpaired) electrons. The summed E-state index contributed by atoms with van der Waals surface area (Å²) in [7, 11) is 0. The van der Waals surface area contributed by atoms with Gasteiger partial charge < -0.3 is 14.4 Å². The minimum atomic E-state index is -0.440. The van der Waals surface area contributed by atoms with Gasteiger partial charge in [0, 0.05) is 18.3 Å². The summed E-state index contributed by atoms with van der Waals surface area (Å²) in [6.45, 7) is 1.71. The van der Waals surface area contributed by atoms with Crippen LogP contribution < -0.4 is 0 Å². The van der Waals surface area contributed by atoms with Gasteiger partial charge in [-0.05, 0) is 29.5 Å². The second-order valence-electron chi connectivity index (χ2n) is 5.51. The smallest absolute Gasteiger partial charge is 0.0790 e. The van der Waals surface area contributed by atoms with E-state index in [0.717, 1.165) is 12.1 Å². The topological polar surface area (TPSA) is 34.4 Å². The summed E-state index contributed by atoms with van der Waals surface area (Å²) >= 11 is 0. The van der Waals surface area contributed by atoms with Crippen molar-refractivity contribution in [1.29, 1.82) is 0 Å². The minimum absolute atomic E-state index is 0.369. The van der Waals surface area contributed by atoms with Crippen molar-refractivity contribution in [3.63, 3.8) is 0 Å². The Labute approximate surface area is 130 Å². The monoisotopic (exact) mass is 295 g/mol. The second kappa shape index (κ2) is 7.25. The highest BCUT2D eigenvalue weighted by Gasteiger charge is 2.06. The zero-order valence-electron chi connectivity index (χ0n) is 12.6. The van der Waals surface area contributed by atoms with Crippen LogP contribution >= 0.6 is 0 Å². The van der Waals surface area contributed by atoms with E-state index in [1.54, 1.807) is 0 Å². The Morgan fingerprint density at radius 1 is 0.955 bits per heavy atom. The van der Waals surface area contributed by atoms with Crippen LogP contribution in [0, 0.1) is 0 Å². The molecular weight excluding hydrogens is 274 g/mol. The van der Waals surface area contributed by atoms with Crippen LogP contribution in [0.25, 0.3) is 10.9 Å². The van der Waals surface area contributed by atoms with Gasteiger partial charge in [0.25, 0.3) is 0 Å². The molecule has 114 valence electrons. The average Bonchev–Trinajstić information content (AvgIpc) is 2.97. The lowest BCUT2D eigenvalue weighted by atomic mass is 10.2. The van der Waals surface area contributed by atoms with E-state index >= 15 is 0 Å². The van der Waals surface area contributed by atoms with E-state index in [1.165, 1.54) is 10.9 Å². The van der Waals surface area contributed by atoms with Gasteiger partial charge in [-0.25, -0.2) is 0 Å². The predicted octanol–water partition coefficient (Wildman–Crippen LogP) is 3.61. The summed E-state index contributed by atoms with van der Waals surface area (Å²) in [5.74, 6) is 0. The van der Waals surface area contributed by atoms with Gasteiger partial charge in [-0.1, -0.05) is 48.5 Å². The first-order valence-corrected chi connectivity index (χ1v) is 7.66. The Hall–Kier alpha value is -2.10. The van der Waals surface area contributed by atoms with E-state index in [4.69, 9.17) is 4.74 Å². The molecule has 1 aromatic heterocycles. The van der Waals surface area contributed by atoms with Gasteiger partial charge in [-0.3, -0.25) is 0 Å². The fourth-order valence-corrected chi connectivity index (χ4v) is 2.59. The molecule has 1 heterocycles. The van der Waals surface area contributed by atoms with Crippen LogP contribution in [0.4, 0.5) is 0 Å². The number of aliphatic hydroxyl groups is 1. The van der Waals surface area contributed by atoms with E-state index in [2.05, 4.69) is 29.0 Å². The number of ether oxygens (including phenoxy) is 1. The summed E-state index contributed by atoms with van der Waals surface area (Å²) < 4.78 is 7.76. The summed E-state index contributed by atoms with van der Waals surface area (Å²) in [6.07, 6.45) is 2.32. The van der Waals surface area contributed by atoms with Crippen LogP contribution in [-0.2, 0) is 17.9 Å². The molecule has 0 aliphatic heterocycles. The molecule has 0 saturated carbocycles. The predicted molar refractivity (Wildman–Crippen MR) is 88.7 cm³/mol. The zero-order valence-corrected chi connectivity index (χ0v) is 12.6. The average molecular weight is 295 g/mol. The Kier molecular flexibility index (Phi) is 4.88. The SMILES string of the molecule is OC(CCn1ccc2ccccc21)COCc1ccccc1. The third-order valence-corrected chi connectivity index (χ3v) is 3.81. The number of para-hydroxylation sites is 1. The maximum absolute atomic E-state index is 10.1. The summed E-state index contributed by atoms with van der Waals surface area (Å²) in [5.41, 5.74) is 2.34. The number of benzene rings is 2. The minimum Gasteiger partial charge on any atom is -0.391 e. The third-order valence-electron chi connectivity index (χ3n) is 3.81. The van der Waals surface area contributed by atoms with Gasteiger partial charge in [-0.15, -0.1) is 0 Å². The van der Waals surface area contributed by atoms with Crippen molar-refractivity contribution in [3.05, 3.63) is 72.4 Å². The van der Waals surface area contributed by atoms with Gasteiger partial charge in [0.15, 0.2) is 0 Å². The highest BCUT2D eigenvalue weighted by molar-refractivity contribution is 5.79. The van der Waals surface area contributed by atoms with Crippen LogP contribution in [-0.4, -0.2) is 22.4 Å². The summed E-state index contributed by atoms with van der Waals surface area (Å²) in [4.78, 5) is 0. The Morgan fingerprint density at radius 3 is 2.59 bits per heavy atom. The highest BCUT2D eigenvalue weighted by atomic mass is 16.5. The number of nitrogens with zero attached hydrogens (tertiary/aromatic N) is 1. The van der Waals surface area contributed by atoms with Crippen molar-refractivity contribution < 1.29 is 9.84 Å². The van der Waals surface area contributed by atoms with Crippen LogP contribution in [0.2, 0.25) is 0 Å². The van der Waals surface area contributed by atoms with Crippen LogP contribution in [0.15, 0.2) is 66.9 Å². The molecule has 3 heteroatoms. The molecule has 3 nitrogen and oxygen atoms in total. The second-order valence-corrected chi connectivity index (χ2v) is 5.51. The van der Waals surface area contributed by atoms with Gasteiger partial charge >= 0.3 is 0 Å². The van der Waals surface area contributed by atoms with Gasteiger partial charge in [-0.2, -0.15) is 0 Å². The maximum atomic E-state index is 10.1. The molecule has 1 atom stereocenters. The van der Waals surface area contributed by atoms with E-state index in [-0.39, 0.29) is 0 Å². The van der Waals surface area contributed by atoms with Crippen molar-refractivity contribution in [2.45, 2.75) is 25.7 Å².